The average molecular weight is 450 g/mol. The summed E-state index contributed by atoms with van der Waals surface area (Å²) in [5, 5.41) is 5.48. The van der Waals surface area contributed by atoms with Crippen molar-refractivity contribution >= 4 is 23.4 Å². The van der Waals surface area contributed by atoms with Crippen LogP contribution in [0.5, 0.6) is 0 Å². The van der Waals surface area contributed by atoms with Crippen molar-refractivity contribution < 1.29 is 14.0 Å². The van der Waals surface area contributed by atoms with E-state index in [-0.39, 0.29) is 16.6 Å². The molecule has 2 N–H and O–H groups in total. The molecule has 1 unspecified atom stereocenters. The number of carbonyl (C=O) groups excluding carboxylic acids is 2. The van der Waals surface area contributed by atoms with Crippen molar-refractivity contribution in [2.75, 3.05) is 20.6 Å². The molecule has 0 aliphatic carbocycles. The highest BCUT2D eigenvalue weighted by Gasteiger charge is 2.34. The summed E-state index contributed by atoms with van der Waals surface area (Å²) in [7, 11) is 3.53. The van der Waals surface area contributed by atoms with Crippen molar-refractivity contribution in [1.82, 2.24) is 25.1 Å². The van der Waals surface area contributed by atoms with Gasteiger partial charge in [0.1, 0.15) is 17.7 Å². The predicted octanol–water partition coefficient (Wildman–Crippen LogP) is 3.07. The molecule has 2 amide bonds. The highest BCUT2D eigenvalue weighted by molar-refractivity contribution is 6.31. The summed E-state index contributed by atoms with van der Waals surface area (Å²) in [6, 6.07) is 3.69. The summed E-state index contributed by atoms with van der Waals surface area (Å²) < 4.78 is 15.7. The van der Waals surface area contributed by atoms with Crippen molar-refractivity contribution in [2.24, 2.45) is 5.41 Å². The number of nitrogens with one attached hydrogen (secondary N) is 2. The molecule has 1 aromatic heterocycles. The van der Waals surface area contributed by atoms with Gasteiger partial charge in [0.05, 0.1) is 10.7 Å². The number of halogens is 2. The maximum atomic E-state index is 13.7. The zero-order chi connectivity index (χ0) is 22.9. The van der Waals surface area contributed by atoms with Gasteiger partial charge in [-0.05, 0) is 43.6 Å². The Morgan fingerprint density at radius 2 is 1.97 bits per heavy atom. The minimum atomic E-state index is -0.727. The first-order valence-corrected chi connectivity index (χ1v) is 10.7. The molecule has 1 aromatic carbocycles. The van der Waals surface area contributed by atoms with Gasteiger partial charge in [-0.25, -0.2) is 9.37 Å². The second-order valence-corrected chi connectivity index (χ2v) is 9.40. The fourth-order valence-corrected chi connectivity index (χ4v) is 3.96. The molecule has 3 rings (SSSR count). The number of amides is 2. The predicted molar refractivity (Wildman–Crippen MR) is 118 cm³/mol. The molecule has 0 radical (unpaired) electrons. The lowest BCUT2D eigenvalue weighted by atomic mass is 9.86. The fourth-order valence-electron chi connectivity index (χ4n) is 3.78. The summed E-state index contributed by atoms with van der Waals surface area (Å²) in [6.07, 6.45) is 0.881. The molecule has 1 aliphatic rings. The van der Waals surface area contributed by atoms with Gasteiger partial charge in [-0.3, -0.25) is 9.59 Å². The van der Waals surface area contributed by atoms with E-state index in [2.05, 4.69) is 20.5 Å². The molecule has 168 valence electrons. The van der Waals surface area contributed by atoms with E-state index in [0.717, 1.165) is 18.7 Å². The fraction of sp³-hybridized carbons (Fsp3) is 0.500. The van der Waals surface area contributed by atoms with Crippen LogP contribution in [-0.2, 0) is 17.9 Å². The topological polar surface area (TPSA) is 79.3 Å². The third-order valence-corrected chi connectivity index (χ3v) is 5.75. The van der Waals surface area contributed by atoms with E-state index in [4.69, 9.17) is 11.6 Å². The third-order valence-electron chi connectivity index (χ3n) is 5.46. The van der Waals surface area contributed by atoms with Crippen molar-refractivity contribution in [1.29, 1.82) is 0 Å². The summed E-state index contributed by atoms with van der Waals surface area (Å²) in [4.78, 5) is 32.5. The van der Waals surface area contributed by atoms with Gasteiger partial charge in [-0.15, -0.1) is 0 Å². The lowest BCUT2D eigenvalue weighted by Gasteiger charge is -2.29. The Hall–Kier alpha value is -2.45. The van der Waals surface area contributed by atoms with E-state index >= 15 is 0 Å². The Morgan fingerprint density at radius 3 is 2.58 bits per heavy atom. The van der Waals surface area contributed by atoms with Gasteiger partial charge in [-0.2, -0.15) is 0 Å². The summed E-state index contributed by atoms with van der Waals surface area (Å²) in [6.45, 7) is 7.74. The molecule has 0 spiro atoms. The first-order chi connectivity index (χ1) is 14.5. The lowest BCUT2D eigenvalue weighted by molar-refractivity contribution is -0.124. The van der Waals surface area contributed by atoms with Crippen LogP contribution in [0, 0.1) is 11.2 Å². The third kappa shape index (κ3) is 4.91. The molecule has 0 bridgehead atoms. The number of fused-ring (bicyclic) bond motifs is 1. The average Bonchev–Trinajstić information content (AvgIpc) is 2.93. The molecular formula is C22H29ClFN5O2. The molecule has 9 heteroatoms. The van der Waals surface area contributed by atoms with Gasteiger partial charge in [0.15, 0.2) is 5.69 Å². The Balaban J connectivity index is 2.07. The largest absolute Gasteiger partial charge is 0.357 e. The number of hydrogen-bond acceptors (Lipinski definition) is 4. The van der Waals surface area contributed by atoms with Gasteiger partial charge in [0, 0.05) is 25.7 Å². The molecule has 0 saturated heterocycles. The summed E-state index contributed by atoms with van der Waals surface area (Å²) in [5.41, 5.74) is 1.17. The van der Waals surface area contributed by atoms with Crippen LogP contribution in [0.2, 0.25) is 5.02 Å². The second-order valence-electron chi connectivity index (χ2n) is 8.99. The van der Waals surface area contributed by atoms with E-state index < -0.39 is 23.2 Å². The van der Waals surface area contributed by atoms with Gasteiger partial charge in [0.2, 0.25) is 5.91 Å². The number of benzene rings is 1. The molecule has 31 heavy (non-hydrogen) atoms. The van der Waals surface area contributed by atoms with Gasteiger partial charge in [-0.1, -0.05) is 32.4 Å². The maximum Gasteiger partial charge on any atom is 0.272 e. The minimum Gasteiger partial charge on any atom is -0.357 e. The normalized spacial score (nSPS) is 15.7. The van der Waals surface area contributed by atoms with Gasteiger partial charge in [0.25, 0.3) is 5.91 Å². The SMILES string of the molecule is CNC(=O)C(NC(=O)c1nc(-c2ccc(F)c(Cl)c2)n2c1CN(C)CCC2)C(C)(C)C. The van der Waals surface area contributed by atoms with Crippen LogP contribution in [0.4, 0.5) is 4.39 Å². The van der Waals surface area contributed by atoms with Gasteiger partial charge < -0.3 is 20.1 Å². The minimum absolute atomic E-state index is 0.000921. The number of aromatic nitrogens is 2. The van der Waals surface area contributed by atoms with E-state index in [1.807, 2.05) is 32.4 Å². The van der Waals surface area contributed by atoms with Crippen LogP contribution in [-0.4, -0.2) is 52.9 Å². The van der Waals surface area contributed by atoms with E-state index in [9.17, 15) is 14.0 Å². The van der Waals surface area contributed by atoms with Crippen LogP contribution in [0.25, 0.3) is 11.4 Å². The molecule has 2 aromatic rings. The molecule has 0 saturated carbocycles. The first-order valence-electron chi connectivity index (χ1n) is 10.3. The smallest absolute Gasteiger partial charge is 0.272 e. The van der Waals surface area contributed by atoms with E-state index in [1.54, 1.807) is 13.1 Å². The highest BCUT2D eigenvalue weighted by atomic mass is 35.5. The highest BCUT2D eigenvalue weighted by Crippen LogP contribution is 2.29. The second kappa shape index (κ2) is 8.96. The van der Waals surface area contributed by atoms with Crippen molar-refractivity contribution in [2.45, 2.75) is 46.3 Å². The maximum absolute atomic E-state index is 13.7. The van der Waals surface area contributed by atoms with Crippen LogP contribution >= 0.6 is 11.6 Å². The Morgan fingerprint density at radius 1 is 1.26 bits per heavy atom. The number of likely N-dealkylation sites (N-methyl/N-ethyl adjacent to an activating group) is 1. The zero-order valence-corrected chi connectivity index (χ0v) is 19.3. The zero-order valence-electron chi connectivity index (χ0n) is 18.6. The van der Waals surface area contributed by atoms with Crippen molar-refractivity contribution in [3.05, 3.63) is 40.4 Å². The number of carbonyl (C=O) groups is 2. The molecule has 2 heterocycles. The Labute approximate surface area is 187 Å². The quantitative estimate of drug-likeness (QED) is 0.751. The van der Waals surface area contributed by atoms with Crippen molar-refractivity contribution in [3.63, 3.8) is 0 Å². The number of rotatable bonds is 4. The molecule has 0 fully saturated rings. The lowest BCUT2D eigenvalue weighted by Crippen LogP contribution is -2.53. The summed E-state index contributed by atoms with van der Waals surface area (Å²) >= 11 is 6.00. The number of imidazole rings is 1. The Bertz CT molecular complexity index is 999. The van der Waals surface area contributed by atoms with Gasteiger partial charge >= 0.3 is 0 Å². The monoisotopic (exact) mass is 449 g/mol. The van der Waals surface area contributed by atoms with Crippen LogP contribution < -0.4 is 10.6 Å². The standard InChI is InChI=1S/C22H29ClFN5O2/c1-22(2,3)18(21(31)25-4)27-20(30)17-16-12-28(5)9-6-10-29(16)19(26-17)13-7-8-15(24)14(23)11-13/h7-8,11,18H,6,9-10,12H2,1-5H3,(H,25,31)(H,27,30). The molecule has 1 atom stereocenters. The van der Waals surface area contributed by atoms with Crippen LogP contribution in [0.1, 0.15) is 43.4 Å². The molecular weight excluding hydrogens is 421 g/mol. The van der Waals surface area contributed by atoms with Crippen LogP contribution in [0.15, 0.2) is 18.2 Å². The number of nitrogens with zero attached hydrogens (tertiary/aromatic N) is 3. The van der Waals surface area contributed by atoms with E-state index in [0.29, 0.717) is 24.5 Å². The molecule has 1 aliphatic heterocycles. The Kier molecular flexibility index (Phi) is 6.71. The summed E-state index contributed by atoms with van der Waals surface area (Å²) in [5.74, 6) is -0.634. The molecule has 7 nitrogen and oxygen atoms in total. The van der Waals surface area contributed by atoms with Crippen LogP contribution in [0.3, 0.4) is 0 Å². The van der Waals surface area contributed by atoms with E-state index in [1.165, 1.54) is 12.1 Å². The number of hydrogen-bond donors (Lipinski definition) is 2. The first kappa shape index (κ1) is 23.2. The van der Waals surface area contributed by atoms with Crippen molar-refractivity contribution in [3.8, 4) is 11.4 Å².